The van der Waals surface area contributed by atoms with Crippen molar-refractivity contribution in [1.29, 1.82) is 0 Å². The summed E-state index contributed by atoms with van der Waals surface area (Å²) in [6, 6.07) is 3.87. The fourth-order valence-electron chi connectivity index (χ4n) is 2.13. The van der Waals surface area contributed by atoms with Crippen molar-refractivity contribution in [3.63, 3.8) is 0 Å². The third-order valence-electron chi connectivity index (χ3n) is 3.42. The quantitative estimate of drug-likeness (QED) is 0.511. The molecule has 1 aromatic carbocycles. The van der Waals surface area contributed by atoms with Crippen LogP contribution in [0.25, 0.3) is 0 Å². The highest BCUT2D eigenvalue weighted by Gasteiger charge is 2.18. The highest BCUT2D eigenvalue weighted by Crippen LogP contribution is 2.23. The van der Waals surface area contributed by atoms with Crippen molar-refractivity contribution in [2.24, 2.45) is 0 Å². The first-order chi connectivity index (χ1) is 12.7. The van der Waals surface area contributed by atoms with Gasteiger partial charge >= 0.3 is 11.7 Å². The molecule has 0 radical (unpaired) electrons. The maximum atomic E-state index is 12.2. The Morgan fingerprint density at radius 1 is 1.30 bits per heavy atom. The van der Waals surface area contributed by atoms with E-state index in [9.17, 15) is 19.2 Å². The lowest BCUT2D eigenvalue weighted by Crippen LogP contribution is -2.40. The summed E-state index contributed by atoms with van der Waals surface area (Å²) in [5, 5.41) is 2.86. The van der Waals surface area contributed by atoms with Gasteiger partial charge in [0.15, 0.2) is 0 Å². The Bertz CT molecular complexity index is 984. The summed E-state index contributed by atoms with van der Waals surface area (Å²) >= 11 is 5.87. The number of aromatic amines is 2. The molecule has 0 fully saturated rings. The van der Waals surface area contributed by atoms with Gasteiger partial charge in [-0.05, 0) is 25.1 Å². The molecule has 0 unspecified atom stereocenters. The third-order valence-corrected chi connectivity index (χ3v) is 3.65. The van der Waals surface area contributed by atoms with Gasteiger partial charge in [0.2, 0.25) is 0 Å². The minimum absolute atomic E-state index is 0.0231. The number of nitrogens with two attached hydrogens (primary N) is 1. The number of hydrogen-bond donors (Lipinski definition) is 4. The zero-order chi connectivity index (χ0) is 20.1. The molecule has 1 amide bonds. The fraction of sp³-hybridized carbons (Fsp3) is 0.250. The van der Waals surface area contributed by atoms with E-state index >= 15 is 0 Å². The van der Waals surface area contributed by atoms with Crippen molar-refractivity contribution < 1.29 is 19.1 Å². The number of nitrogens with one attached hydrogen (secondary N) is 3. The van der Waals surface area contributed by atoms with Gasteiger partial charge in [0.1, 0.15) is 29.3 Å². The second kappa shape index (κ2) is 8.41. The molecule has 144 valence electrons. The molecule has 27 heavy (non-hydrogen) atoms. The van der Waals surface area contributed by atoms with Gasteiger partial charge in [0.25, 0.3) is 11.5 Å². The Labute approximate surface area is 157 Å². The largest absolute Gasteiger partial charge is 0.491 e. The van der Waals surface area contributed by atoms with Gasteiger partial charge in [-0.1, -0.05) is 11.6 Å². The fourth-order valence-corrected chi connectivity index (χ4v) is 2.30. The number of nitrogen functional groups attached to an aromatic ring is 1. The van der Waals surface area contributed by atoms with Crippen LogP contribution in [-0.2, 0) is 4.74 Å². The lowest BCUT2D eigenvalue weighted by atomic mass is 10.2. The molecule has 0 aliphatic rings. The van der Waals surface area contributed by atoms with E-state index in [4.69, 9.17) is 22.1 Å². The van der Waals surface area contributed by atoms with Crippen LogP contribution in [0.5, 0.6) is 5.75 Å². The van der Waals surface area contributed by atoms with Crippen LogP contribution in [0.15, 0.2) is 27.8 Å². The zero-order valence-electron chi connectivity index (χ0n) is 14.4. The highest BCUT2D eigenvalue weighted by molar-refractivity contribution is 6.31. The standard InChI is InChI=1S/C16H17ClN4O6/c1-7(19-14(23)12-11(18)13(22)21-16(25)20-12)6-27-10-4-3-8(17)5-9(10)15(24)26-2/h3-5,7H,6,18H2,1-2H3,(H,19,23)(H2,20,21,22,25)/t7-/m1/s1. The number of ether oxygens (including phenoxy) is 2. The van der Waals surface area contributed by atoms with Gasteiger partial charge < -0.3 is 25.5 Å². The number of anilines is 1. The monoisotopic (exact) mass is 396 g/mol. The minimum Gasteiger partial charge on any atom is -0.491 e. The van der Waals surface area contributed by atoms with E-state index in [1.807, 2.05) is 4.98 Å². The van der Waals surface area contributed by atoms with Crippen LogP contribution in [0.4, 0.5) is 5.69 Å². The number of hydrogen-bond acceptors (Lipinski definition) is 7. The topological polar surface area (TPSA) is 156 Å². The maximum Gasteiger partial charge on any atom is 0.341 e. The van der Waals surface area contributed by atoms with Crippen molar-refractivity contribution in [3.05, 3.63) is 55.3 Å². The summed E-state index contributed by atoms with van der Waals surface area (Å²) < 4.78 is 10.2. The molecule has 0 saturated heterocycles. The minimum atomic E-state index is -0.864. The number of benzene rings is 1. The molecule has 0 spiro atoms. The Morgan fingerprint density at radius 2 is 2.00 bits per heavy atom. The van der Waals surface area contributed by atoms with Crippen LogP contribution >= 0.6 is 11.6 Å². The number of carbonyl (C=O) groups is 2. The van der Waals surface area contributed by atoms with Crippen LogP contribution in [0.2, 0.25) is 5.02 Å². The van der Waals surface area contributed by atoms with E-state index in [1.165, 1.54) is 25.3 Å². The third kappa shape index (κ3) is 4.88. The Kier molecular flexibility index (Phi) is 6.24. The second-order valence-electron chi connectivity index (χ2n) is 5.51. The van der Waals surface area contributed by atoms with Gasteiger partial charge in [-0.15, -0.1) is 0 Å². The van der Waals surface area contributed by atoms with E-state index in [0.29, 0.717) is 5.02 Å². The number of amides is 1. The molecule has 2 aromatic rings. The van der Waals surface area contributed by atoms with Crippen molar-refractivity contribution in [2.75, 3.05) is 19.5 Å². The smallest absolute Gasteiger partial charge is 0.341 e. The SMILES string of the molecule is COC(=O)c1cc(Cl)ccc1OC[C@@H](C)NC(=O)c1[nH]c(=O)[nH]c(=O)c1N. The highest BCUT2D eigenvalue weighted by atomic mass is 35.5. The van der Waals surface area contributed by atoms with Crippen molar-refractivity contribution >= 4 is 29.2 Å². The first-order valence-electron chi connectivity index (χ1n) is 7.66. The molecule has 1 atom stereocenters. The van der Waals surface area contributed by atoms with Crippen LogP contribution < -0.4 is 27.0 Å². The predicted octanol–water partition coefficient (Wildman–Crippen LogP) is 0.283. The molecule has 0 saturated carbocycles. The van der Waals surface area contributed by atoms with E-state index in [1.54, 1.807) is 6.92 Å². The van der Waals surface area contributed by atoms with Crippen LogP contribution in [0.1, 0.15) is 27.8 Å². The molecule has 1 aromatic heterocycles. The van der Waals surface area contributed by atoms with E-state index < -0.39 is 34.9 Å². The van der Waals surface area contributed by atoms with Gasteiger partial charge in [0.05, 0.1) is 13.2 Å². The number of aromatic nitrogens is 2. The molecule has 0 aliphatic carbocycles. The van der Waals surface area contributed by atoms with E-state index in [-0.39, 0.29) is 23.6 Å². The number of rotatable bonds is 6. The van der Waals surface area contributed by atoms with Gasteiger partial charge in [-0.2, -0.15) is 0 Å². The van der Waals surface area contributed by atoms with Crippen molar-refractivity contribution in [3.8, 4) is 5.75 Å². The van der Waals surface area contributed by atoms with Gasteiger partial charge in [-0.3, -0.25) is 14.6 Å². The number of esters is 1. The number of carbonyl (C=O) groups excluding carboxylic acids is 2. The number of halogens is 1. The summed E-state index contributed by atoms with van der Waals surface area (Å²) in [5.41, 5.74) is 3.16. The van der Waals surface area contributed by atoms with Gasteiger partial charge in [0, 0.05) is 5.02 Å². The molecule has 10 nitrogen and oxygen atoms in total. The lowest BCUT2D eigenvalue weighted by molar-refractivity contribution is 0.0594. The molecular weight excluding hydrogens is 380 g/mol. The Morgan fingerprint density at radius 3 is 2.67 bits per heavy atom. The van der Waals surface area contributed by atoms with Crippen LogP contribution in [0.3, 0.4) is 0 Å². The Hall–Kier alpha value is -3.27. The summed E-state index contributed by atoms with van der Waals surface area (Å²) in [5.74, 6) is -1.16. The first kappa shape index (κ1) is 20.0. The lowest BCUT2D eigenvalue weighted by Gasteiger charge is -2.16. The average Bonchev–Trinajstić information content (AvgIpc) is 2.62. The molecule has 1 heterocycles. The molecule has 5 N–H and O–H groups in total. The zero-order valence-corrected chi connectivity index (χ0v) is 15.2. The van der Waals surface area contributed by atoms with E-state index in [0.717, 1.165) is 0 Å². The summed E-state index contributed by atoms with van der Waals surface area (Å²) in [7, 11) is 1.22. The summed E-state index contributed by atoms with van der Waals surface area (Å²) in [4.78, 5) is 50.8. The molecular formula is C16H17ClN4O6. The van der Waals surface area contributed by atoms with Crippen molar-refractivity contribution in [1.82, 2.24) is 15.3 Å². The number of H-pyrrole nitrogens is 2. The molecule has 0 bridgehead atoms. The summed E-state index contributed by atoms with van der Waals surface area (Å²) in [6.07, 6.45) is 0. The molecule has 11 heteroatoms. The number of methoxy groups -OCH3 is 1. The Balaban J connectivity index is 2.08. The maximum absolute atomic E-state index is 12.2. The summed E-state index contributed by atoms with van der Waals surface area (Å²) in [6.45, 7) is 1.60. The molecule has 0 aliphatic heterocycles. The molecule has 2 rings (SSSR count). The van der Waals surface area contributed by atoms with Crippen LogP contribution in [0, 0.1) is 0 Å². The predicted molar refractivity (Wildman–Crippen MR) is 97.3 cm³/mol. The first-order valence-corrected chi connectivity index (χ1v) is 8.04. The van der Waals surface area contributed by atoms with Crippen molar-refractivity contribution in [2.45, 2.75) is 13.0 Å². The van der Waals surface area contributed by atoms with E-state index in [2.05, 4.69) is 15.0 Å². The average molecular weight is 397 g/mol. The van der Waals surface area contributed by atoms with Gasteiger partial charge in [-0.25, -0.2) is 9.59 Å². The normalized spacial score (nSPS) is 11.5. The van der Waals surface area contributed by atoms with Crippen LogP contribution in [-0.4, -0.2) is 41.6 Å². The second-order valence-corrected chi connectivity index (χ2v) is 5.95.